The first kappa shape index (κ1) is 11.8. The topological polar surface area (TPSA) is 35.0 Å². The Balaban J connectivity index is 1.67. The van der Waals surface area contributed by atoms with Crippen LogP contribution < -0.4 is 0 Å². The van der Waals surface area contributed by atoms with Gasteiger partial charge in [-0.05, 0) is 11.8 Å². The Hall–Kier alpha value is -1.66. The molecule has 0 amide bonds. The fourth-order valence-corrected chi connectivity index (χ4v) is 1.95. The standard InChI is InChI=1S/C12H8N2OS2/c1(3-11-13-5-9-16-11)7-15-8-2-4-12-14-6-10-17-12/h5-6,9-10H,7-8H2. The second-order valence-electron chi connectivity index (χ2n) is 2.77. The molecule has 0 saturated carbocycles. The van der Waals surface area contributed by atoms with E-state index in [1.54, 1.807) is 12.4 Å². The van der Waals surface area contributed by atoms with Crippen molar-refractivity contribution in [3.05, 3.63) is 33.2 Å². The summed E-state index contributed by atoms with van der Waals surface area (Å²) in [4.78, 5) is 8.08. The van der Waals surface area contributed by atoms with Crippen LogP contribution in [0, 0.1) is 23.7 Å². The lowest BCUT2D eigenvalue weighted by Gasteiger charge is -1.88. The number of hydrogen-bond acceptors (Lipinski definition) is 5. The van der Waals surface area contributed by atoms with Gasteiger partial charge < -0.3 is 4.74 Å². The first-order chi connectivity index (χ1) is 8.45. The van der Waals surface area contributed by atoms with Crippen LogP contribution in [-0.4, -0.2) is 23.2 Å². The number of thiazole rings is 2. The molecule has 0 aliphatic carbocycles. The maximum absolute atomic E-state index is 5.24. The van der Waals surface area contributed by atoms with Gasteiger partial charge in [-0.25, -0.2) is 9.97 Å². The molecule has 0 aromatic carbocycles. The minimum absolute atomic E-state index is 0.367. The minimum atomic E-state index is 0.367. The second-order valence-corrected chi connectivity index (χ2v) is 4.56. The lowest BCUT2D eigenvalue weighted by atomic mass is 10.6. The van der Waals surface area contributed by atoms with Crippen LogP contribution in [0.3, 0.4) is 0 Å². The van der Waals surface area contributed by atoms with Gasteiger partial charge in [0.25, 0.3) is 0 Å². The van der Waals surface area contributed by atoms with Crippen LogP contribution in [0.1, 0.15) is 10.0 Å². The van der Waals surface area contributed by atoms with E-state index in [4.69, 9.17) is 4.74 Å². The van der Waals surface area contributed by atoms with Crippen molar-refractivity contribution in [3.8, 4) is 23.7 Å². The summed E-state index contributed by atoms with van der Waals surface area (Å²) in [5.74, 6) is 11.6. The first-order valence-electron chi connectivity index (χ1n) is 4.79. The molecule has 0 atom stereocenters. The van der Waals surface area contributed by atoms with Gasteiger partial charge >= 0.3 is 0 Å². The fourth-order valence-electron chi connectivity index (χ4n) is 0.947. The molecule has 84 valence electrons. The summed E-state index contributed by atoms with van der Waals surface area (Å²) in [6, 6.07) is 0. The molecule has 0 spiro atoms. The molecule has 0 unspecified atom stereocenters. The van der Waals surface area contributed by atoms with Crippen molar-refractivity contribution >= 4 is 22.7 Å². The van der Waals surface area contributed by atoms with Gasteiger partial charge in [-0.2, -0.15) is 0 Å². The highest BCUT2D eigenvalue weighted by molar-refractivity contribution is 7.10. The molecule has 3 nitrogen and oxygen atoms in total. The van der Waals surface area contributed by atoms with E-state index in [1.807, 2.05) is 10.8 Å². The number of nitrogens with zero attached hydrogens (tertiary/aromatic N) is 2. The van der Waals surface area contributed by atoms with Crippen LogP contribution in [0.25, 0.3) is 0 Å². The van der Waals surface area contributed by atoms with Crippen molar-refractivity contribution in [3.63, 3.8) is 0 Å². The van der Waals surface area contributed by atoms with E-state index in [2.05, 4.69) is 33.6 Å². The number of hydrogen-bond donors (Lipinski definition) is 0. The lowest BCUT2D eigenvalue weighted by molar-refractivity contribution is 0.204. The van der Waals surface area contributed by atoms with Crippen molar-refractivity contribution < 1.29 is 4.74 Å². The van der Waals surface area contributed by atoms with E-state index in [9.17, 15) is 0 Å². The summed E-state index contributed by atoms with van der Waals surface area (Å²) >= 11 is 3.03. The summed E-state index contributed by atoms with van der Waals surface area (Å²) < 4.78 is 5.24. The third-order valence-electron chi connectivity index (χ3n) is 1.60. The number of ether oxygens (including phenoxy) is 1. The molecule has 0 N–H and O–H groups in total. The van der Waals surface area contributed by atoms with E-state index < -0.39 is 0 Å². The Kier molecular flexibility index (Phi) is 4.74. The summed E-state index contributed by atoms with van der Waals surface area (Å²) in [5.41, 5.74) is 0. The van der Waals surface area contributed by atoms with Crippen molar-refractivity contribution in [2.24, 2.45) is 0 Å². The molecule has 17 heavy (non-hydrogen) atoms. The van der Waals surface area contributed by atoms with Gasteiger partial charge in [-0.1, -0.05) is 11.8 Å². The Bertz CT molecular complexity index is 501. The minimum Gasteiger partial charge on any atom is -0.356 e. The van der Waals surface area contributed by atoms with Gasteiger partial charge in [0, 0.05) is 23.2 Å². The van der Waals surface area contributed by atoms with Crippen molar-refractivity contribution in [1.29, 1.82) is 0 Å². The molecule has 0 fully saturated rings. The Morgan fingerprint density at radius 1 is 0.941 bits per heavy atom. The maximum Gasteiger partial charge on any atom is 0.166 e. The van der Waals surface area contributed by atoms with E-state index in [1.165, 1.54) is 22.7 Å². The molecular weight excluding hydrogens is 252 g/mol. The zero-order valence-electron chi connectivity index (χ0n) is 8.84. The van der Waals surface area contributed by atoms with Gasteiger partial charge in [0.2, 0.25) is 0 Å². The summed E-state index contributed by atoms with van der Waals surface area (Å²) in [7, 11) is 0. The number of rotatable bonds is 2. The summed E-state index contributed by atoms with van der Waals surface area (Å²) in [6.45, 7) is 0.734. The quantitative estimate of drug-likeness (QED) is 0.612. The molecule has 2 rings (SSSR count). The molecule has 0 aliphatic heterocycles. The monoisotopic (exact) mass is 260 g/mol. The Morgan fingerprint density at radius 2 is 1.47 bits per heavy atom. The van der Waals surface area contributed by atoms with Crippen molar-refractivity contribution in [1.82, 2.24) is 9.97 Å². The number of aromatic nitrogens is 2. The van der Waals surface area contributed by atoms with Crippen LogP contribution in [0.15, 0.2) is 23.2 Å². The maximum atomic E-state index is 5.24. The molecule has 0 saturated heterocycles. The highest BCUT2D eigenvalue weighted by Crippen LogP contribution is 2.00. The lowest BCUT2D eigenvalue weighted by Crippen LogP contribution is -1.91. The van der Waals surface area contributed by atoms with E-state index in [0.29, 0.717) is 13.2 Å². The zero-order chi connectivity index (χ0) is 11.8. The summed E-state index contributed by atoms with van der Waals surface area (Å²) in [6.07, 6.45) is 3.46. The normalized spacial score (nSPS) is 8.94. The highest BCUT2D eigenvalue weighted by atomic mass is 32.1. The van der Waals surface area contributed by atoms with Crippen LogP contribution in [0.5, 0.6) is 0 Å². The average molecular weight is 260 g/mol. The SMILES string of the molecule is C(#Cc1nccs1)COCC#Cc1nccs1. The van der Waals surface area contributed by atoms with Gasteiger partial charge in [0.1, 0.15) is 13.2 Å². The molecule has 2 aromatic rings. The largest absolute Gasteiger partial charge is 0.356 e. The Morgan fingerprint density at radius 3 is 1.88 bits per heavy atom. The van der Waals surface area contributed by atoms with E-state index in [0.717, 1.165) is 10.0 Å². The van der Waals surface area contributed by atoms with Crippen LogP contribution >= 0.6 is 22.7 Å². The van der Waals surface area contributed by atoms with Crippen molar-refractivity contribution in [2.45, 2.75) is 0 Å². The molecule has 5 heteroatoms. The summed E-state index contributed by atoms with van der Waals surface area (Å²) in [5, 5.41) is 5.40. The molecular formula is C12H8N2OS2. The first-order valence-corrected chi connectivity index (χ1v) is 6.55. The predicted molar refractivity (Wildman–Crippen MR) is 68.8 cm³/mol. The molecule has 0 bridgehead atoms. The Labute approximate surface area is 108 Å². The van der Waals surface area contributed by atoms with Crippen LogP contribution in [0.2, 0.25) is 0 Å². The third kappa shape index (κ3) is 4.38. The van der Waals surface area contributed by atoms with Crippen LogP contribution in [-0.2, 0) is 4.74 Å². The third-order valence-corrected chi connectivity index (χ3v) is 2.98. The molecule has 0 radical (unpaired) electrons. The highest BCUT2D eigenvalue weighted by Gasteiger charge is 1.86. The van der Waals surface area contributed by atoms with E-state index in [-0.39, 0.29) is 0 Å². The molecule has 2 heterocycles. The van der Waals surface area contributed by atoms with Crippen molar-refractivity contribution in [2.75, 3.05) is 13.2 Å². The van der Waals surface area contributed by atoms with Gasteiger partial charge in [0.15, 0.2) is 10.0 Å². The van der Waals surface area contributed by atoms with Gasteiger partial charge in [-0.15, -0.1) is 22.7 Å². The smallest absolute Gasteiger partial charge is 0.166 e. The average Bonchev–Trinajstić information content (AvgIpc) is 3.00. The fraction of sp³-hybridized carbons (Fsp3) is 0.167. The van der Waals surface area contributed by atoms with E-state index >= 15 is 0 Å². The van der Waals surface area contributed by atoms with Crippen LogP contribution in [0.4, 0.5) is 0 Å². The second kappa shape index (κ2) is 6.82. The molecule has 2 aromatic heterocycles. The van der Waals surface area contributed by atoms with Gasteiger partial charge in [-0.3, -0.25) is 0 Å². The zero-order valence-corrected chi connectivity index (χ0v) is 10.5. The molecule has 0 aliphatic rings. The van der Waals surface area contributed by atoms with Gasteiger partial charge in [0.05, 0.1) is 0 Å². The predicted octanol–water partition coefficient (Wildman–Crippen LogP) is 2.02.